The monoisotopic (exact) mass is 316 g/mol. The topological polar surface area (TPSA) is 94.8 Å². The molecule has 0 heterocycles. The SMILES string of the molecule is CC(=CC(CCO)C(=CC=Cc1ccccc1)C(=O)O)C(=O)O. The zero-order valence-corrected chi connectivity index (χ0v) is 12.8. The van der Waals surface area contributed by atoms with E-state index < -0.39 is 17.9 Å². The van der Waals surface area contributed by atoms with Crippen LogP contribution in [0.3, 0.4) is 0 Å². The fourth-order valence-corrected chi connectivity index (χ4v) is 2.02. The van der Waals surface area contributed by atoms with Crippen LogP contribution in [0.1, 0.15) is 18.9 Å². The fourth-order valence-electron chi connectivity index (χ4n) is 2.02. The summed E-state index contributed by atoms with van der Waals surface area (Å²) in [5, 5.41) is 27.4. The highest BCUT2D eigenvalue weighted by Crippen LogP contribution is 2.20. The molecule has 3 N–H and O–H groups in total. The molecule has 1 aromatic carbocycles. The quantitative estimate of drug-likeness (QED) is 0.506. The number of hydrogen-bond acceptors (Lipinski definition) is 3. The number of aliphatic carboxylic acids is 2. The molecule has 1 unspecified atom stereocenters. The molecule has 0 aliphatic heterocycles. The van der Waals surface area contributed by atoms with Crippen LogP contribution in [-0.4, -0.2) is 33.9 Å². The van der Waals surface area contributed by atoms with Gasteiger partial charge in [0.15, 0.2) is 0 Å². The Bertz CT molecular complexity index is 626. The van der Waals surface area contributed by atoms with Gasteiger partial charge in [0.25, 0.3) is 0 Å². The summed E-state index contributed by atoms with van der Waals surface area (Å²) in [6.45, 7) is 1.16. The van der Waals surface area contributed by atoms with Gasteiger partial charge in [0.1, 0.15) is 0 Å². The van der Waals surface area contributed by atoms with Crippen molar-refractivity contribution in [2.75, 3.05) is 6.61 Å². The highest BCUT2D eigenvalue weighted by Gasteiger charge is 2.19. The van der Waals surface area contributed by atoms with E-state index in [0.717, 1.165) is 5.56 Å². The zero-order valence-electron chi connectivity index (χ0n) is 12.8. The molecule has 0 aliphatic rings. The lowest BCUT2D eigenvalue weighted by molar-refractivity contribution is -0.134. The van der Waals surface area contributed by atoms with Crippen molar-refractivity contribution >= 4 is 18.0 Å². The third kappa shape index (κ3) is 6.32. The minimum atomic E-state index is -1.14. The highest BCUT2D eigenvalue weighted by atomic mass is 16.4. The Labute approximate surface area is 134 Å². The van der Waals surface area contributed by atoms with Gasteiger partial charge < -0.3 is 15.3 Å². The highest BCUT2D eigenvalue weighted by molar-refractivity contribution is 5.90. The van der Waals surface area contributed by atoms with E-state index in [-0.39, 0.29) is 24.2 Å². The van der Waals surface area contributed by atoms with E-state index in [1.54, 1.807) is 12.2 Å². The van der Waals surface area contributed by atoms with Crippen molar-refractivity contribution in [1.29, 1.82) is 0 Å². The number of carbonyl (C=O) groups is 2. The van der Waals surface area contributed by atoms with Crippen LogP contribution in [0.4, 0.5) is 0 Å². The molecule has 0 aliphatic carbocycles. The first-order valence-corrected chi connectivity index (χ1v) is 7.15. The van der Waals surface area contributed by atoms with Gasteiger partial charge in [-0.15, -0.1) is 0 Å². The summed E-state index contributed by atoms with van der Waals surface area (Å²) in [6.07, 6.45) is 6.29. The summed E-state index contributed by atoms with van der Waals surface area (Å²) < 4.78 is 0. The second-order valence-electron chi connectivity index (χ2n) is 4.97. The van der Waals surface area contributed by atoms with Crippen LogP contribution in [0, 0.1) is 5.92 Å². The first-order valence-electron chi connectivity index (χ1n) is 7.15. The van der Waals surface area contributed by atoms with Crippen LogP contribution >= 0.6 is 0 Å². The molecule has 23 heavy (non-hydrogen) atoms. The maximum Gasteiger partial charge on any atom is 0.332 e. The minimum Gasteiger partial charge on any atom is -0.478 e. The number of carboxylic acid groups (broad SMARTS) is 2. The Morgan fingerprint density at radius 2 is 1.78 bits per heavy atom. The second-order valence-corrected chi connectivity index (χ2v) is 4.97. The van der Waals surface area contributed by atoms with Gasteiger partial charge in [0, 0.05) is 23.7 Å². The molecule has 0 bridgehead atoms. The second kappa shape index (κ2) is 9.38. The van der Waals surface area contributed by atoms with Gasteiger partial charge in [-0.1, -0.05) is 54.6 Å². The number of carboxylic acids is 2. The molecule has 0 saturated heterocycles. The fraction of sp³-hybridized carbons (Fsp3) is 0.222. The third-order valence-corrected chi connectivity index (χ3v) is 3.24. The standard InChI is InChI=1S/C18H20O5/c1-13(17(20)21)12-15(10-11-19)16(18(22)23)9-5-8-14-6-3-2-4-7-14/h2-9,12,15,19H,10-11H2,1H3,(H,20,21)(H,22,23). The lowest BCUT2D eigenvalue weighted by Gasteiger charge is -2.13. The summed E-state index contributed by atoms with van der Waals surface area (Å²) in [5.74, 6) is -2.93. The smallest absolute Gasteiger partial charge is 0.332 e. The first-order chi connectivity index (χ1) is 11.0. The molecule has 0 amide bonds. The van der Waals surface area contributed by atoms with Crippen molar-refractivity contribution < 1.29 is 24.9 Å². The van der Waals surface area contributed by atoms with Crippen LogP contribution in [0.5, 0.6) is 0 Å². The summed E-state index contributed by atoms with van der Waals surface area (Å²) in [4.78, 5) is 22.4. The number of benzene rings is 1. The Hall–Kier alpha value is -2.66. The molecule has 1 atom stereocenters. The summed E-state index contributed by atoms with van der Waals surface area (Å²) in [7, 11) is 0. The Morgan fingerprint density at radius 3 is 2.30 bits per heavy atom. The number of allylic oxidation sites excluding steroid dienone is 3. The van der Waals surface area contributed by atoms with E-state index in [0.29, 0.717) is 0 Å². The number of rotatable bonds is 8. The third-order valence-electron chi connectivity index (χ3n) is 3.24. The molecule has 1 rings (SSSR count). The molecule has 0 fully saturated rings. The lowest BCUT2D eigenvalue weighted by atomic mass is 9.93. The van der Waals surface area contributed by atoms with Gasteiger partial charge in [0.2, 0.25) is 0 Å². The van der Waals surface area contributed by atoms with Crippen molar-refractivity contribution in [2.45, 2.75) is 13.3 Å². The molecule has 0 radical (unpaired) electrons. The predicted octanol–water partition coefficient (Wildman–Crippen LogP) is 2.74. The molecule has 5 heteroatoms. The normalized spacial score (nSPS) is 14.0. The van der Waals surface area contributed by atoms with Crippen molar-refractivity contribution in [1.82, 2.24) is 0 Å². The van der Waals surface area contributed by atoms with Crippen molar-refractivity contribution in [3.05, 3.63) is 65.3 Å². The zero-order chi connectivity index (χ0) is 17.2. The molecule has 0 saturated carbocycles. The minimum absolute atomic E-state index is 0.0341. The molecule has 0 aromatic heterocycles. The van der Waals surface area contributed by atoms with Crippen LogP contribution in [0.25, 0.3) is 6.08 Å². The van der Waals surface area contributed by atoms with Gasteiger partial charge in [-0.25, -0.2) is 9.59 Å². The number of aliphatic hydroxyl groups excluding tert-OH is 1. The van der Waals surface area contributed by atoms with E-state index in [1.165, 1.54) is 19.1 Å². The maximum absolute atomic E-state index is 11.4. The summed E-state index contributed by atoms with van der Waals surface area (Å²) in [6, 6.07) is 9.38. The Morgan fingerprint density at radius 1 is 1.13 bits per heavy atom. The van der Waals surface area contributed by atoms with Gasteiger partial charge >= 0.3 is 11.9 Å². The van der Waals surface area contributed by atoms with Crippen LogP contribution < -0.4 is 0 Å². The molecule has 122 valence electrons. The number of aliphatic hydroxyl groups is 1. The maximum atomic E-state index is 11.4. The van der Waals surface area contributed by atoms with E-state index in [4.69, 9.17) is 10.2 Å². The lowest BCUT2D eigenvalue weighted by Crippen LogP contribution is -2.14. The van der Waals surface area contributed by atoms with E-state index in [9.17, 15) is 14.7 Å². The first kappa shape index (κ1) is 18.4. The molecular formula is C18H20O5. The van der Waals surface area contributed by atoms with Crippen LogP contribution in [0.2, 0.25) is 0 Å². The van der Waals surface area contributed by atoms with E-state index >= 15 is 0 Å². The largest absolute Gasteiger partial charge is 0.478 e. The summed E-state index contributed by atoms with van der Waals surface area (Å²) >= 11 is 0. The van der Waals surface area contributed by atoms with Crippen LogP contribution in [0.15, 0.2) is 59.7 Å². The Kier molecular flexibility index (Phi) is 7.50. The van der Waals surface area contributed by atoms with Crippen molar-refractivity contribution in [3.63, 3.8) is 0 Å². The van der Waals surface area contributed by atoms with Gasteiger partial charge in [-0.2, -0.15) is 0 Å². The molecule has 5 nitrogen and oxygen atoms in total. The summed E-state index contributed by atoms with van der Waals surface area (Å²) in [5.41, 5.74) is 0.999. The van der Waals surface area contributed by atoms with Gasteiger partial charge in [-0.3, -0.25) is 0 Å². The van der Waals surface area contributed by atoms with Crippen molar-refractivity contribution in [2.24, 2.45) is 5.92 Å². The van der Waals surface area contributed by atoms with Gasteiger partial charge in [0.05, 0.1) is 0 Å². The van der Waals surface area contributed by atoms with Crippen molar-refractivity contribution in [3.8, 4) is 0 Å². The average molecular weight is 316 g/mol. The molecular weight excluding hydrogens is 296 g/mol. The Balaban J connectivity index is 3.07. The van der Waals surface area contributed by atoms with E-state index in [2.05, 4.69) is 0 Å². The van der Waals surface area contributed by atoms with E-state index in [1.807, 2.05) is 30.3 Å². The average Bonchev–Trinajstić information content (AvgIpc) is 2.51. The van der Waals surface area contributed by atoms with Gasteiger partial charge in [-0.05, 0) is 18.9 Å². The van der Waals surface area contributed by atoms with Crippen LogP contribution in [-0.2, 0) is 9.59 Å². The predicted molar refractivity (Wildman–Crippen MR) is 87.8 cm³/mol. The molecule has 0 spiro atoms. The molecule has 1 aromatic rings. The number of hydrogen-bond donors (Lipinski definition) is 3.